The standard InChI is InChI=1S/C17H26N2O3/c1-11-6-12(2)13(3)16(7-11)22-5-4-17(21)19-9-14-8-18-10-15(14)20/h6-7,14-15,18,20H,4-5,8-10H2,1-3H3,(H,19,21). The highest BCUT2D eigenvalue weighted by atomic mass is 16.5. The molecule has 1 aromatic carbocycles. The maximum atomic E-state index is 11.8. The minimum atomic E-state index is -0.366. The molecular weight excluding hydrogens is 280 g/mol. The number of hydrogen-bond acceptors (Lipinski definition) is 4. The second kappa shape index (κ2) is 7.61. The summed E-state index contributed by atoms with van der Waals surface area (Å²) in [5.74, 6) is 0.911. The van der Waals surface area contributed by atoms with Crippen LogP contribution in [-0.2, 0) is 4.79 Å². The van der Waals surface area contributed by atoms with E-state index in [4.69, 9.17) is 4.74 Å². The zero-order valence-electron chi connectivity index (χ0n) is 13.6. The van der Waals surface area contributed by atoms with Crippen molar-refractivity contribution in [2.75, 3.05) is 26.2 Å². The fraction of sp³-hybridized carbons (Fsp3) is 0.588. The Kier molecular flexibility index (Phi) is 5.80. The largest absolute Gasteiger partial charge is 0.493 e. The summed E-state index contributed by atoms with van der Waals surface area (Å²) in [6, 6.07) is 4.12. The topological polar surface area (TPSA) is 70.6 Å². The molecule has 1 saturated heterocycles. The lowest BCUT2D eigenvalue weighted by molar-refractivity contribution is -0.121. The highest BCUT2D eigenvalue weighted by Crippen LogP contribution is 2.23. The Bertz CT molecular complexity index is 531. The third-order valence-electron chi connectivity index (χ3n) is 4.22. The van der Waals surface area contributed by atoms with E-state index < -0.39 is 0 Å². The van der Waals surface area contributed by atoms with Gasteiger partial charge in [0.15, 0.2) is 0 Å². The number of aliphatic hydroxyl groups is 1. The number of nitrogens with one attached hydrogen (secondary N) is 2. The Labute approximate surface area is 132 Å². The van der Waals surface area contributed by atoms with E-state index in [0.29, 0.717) is 26.1 Å². The molecule has 0 radical (unpaired) electrons. The number of rotatable bonds is 6. The van der Waals surface area contributed by atoms with Crippen LogP contribution in [0.1, 0.15) is 23.1 Å². The molecule has 5 heteroatoms. The van der Waals surface area contributed by atoms with Gasteiger partial charge in [-0.25, -0.2) is 0 Å². The molecule has 0 saturated carbocycles. The Morgan fingerprint density at radius 2 is 2.14 bits per heavy atom. The lowest BCUT2D eigenvalue weighted by Gasteiger charge is -2.15. The van der Waals surface area contributed by atoms with Gasteiger partial charge < -0.3 is 20.5 Å². The number of hydrogen-bond donors (Lipinski definition) is 3. The molecule has 2 rings (SSSR count). The van der Waals surface area contributed by atoms with Gasteiger partial charge in [-0.2, -0.15) is 0 Å². The molecule has 1 aliphatic heterocycles. The molecule has 0 aromatic heterocycles. The van der Waals surface area contributed by atoms with Crippen LogP contribution in [0.2, 0.25) is 0 Å². The number of aryl methyl sites for hydroxylation is 2. The Morgan fingerprint density at radius 1 is 1.36 bits per heavy atom. The molecule has 2 atom stereocenters. The lowest BCUT2D eigenvalue weighted by Crippen LogP contribution is -2.34. The summed E-state index contributed by atoms with van der Waals surface area (Å²) in [5, 5.41) is 15.6. The van der Waals surface area contributed by atoms with Crippen molar-refractivity contribution in [2.24, 2.45) is 5.92 Å². The lowest BCUT2D eigenvalue weighted by atomic mass is 10.1. The number of carbonyl (C=O) groups excluding carboxylic acids is 1. The molecule has 22 heavy (non-hydrogen) atoms. The number of ether oxygens (including phenoxy) is 1. The summed E-state index contributed by atoms with van der Waals surface area (Å²) >= 11 is 0. The van der Waals surface area contributed by atoms with Crippen molar-refractivity contribution in [3.63, 3.8) is 0 Å². The van der Waals surface area contributed by atoms with Crippen LogP contribution in [0.3, 0.4) is 0 Å². The van der Waals surface area contributed by atoms with E-state index >= 15 is 0 Å². The van der Waals surface area contributed by atoms with Crippen molar-refractivity contribution >= 4 is 5.91 Å². The maximum Gasteiger partial charge on any atom is 0.223 e. The van der Waals surface area contributed by atoms with E-state index in [-0.39, 0.29) is 17.9 Å². The minimum Gasteiger partial charge on any atom is -0.493 e. The highest BCUT2D eigenvalue weighted by molar-refractivity contribution is 5.76. The zero-order valence-corrected chi connectivity index (χ0v) is 13.6. The van der Waals surface area contributed by atoms with Gasteiger partial charge in [0.05, 0.1) is 19.1 Å². The number of carbonyl (C=O) groups is 1. The van der Waals surface area contributed by atoms with Gasteiger partial charge in [0.25, 0.3) is 0 Å². The average molecular weight is 306 g/mol. The minimum absolute atomic E-state index is 0.0406. The third-order valence-corrected chi connectivity index (χ3v) is 4.22. The van der Waals surface area contributed by atoms with Crippen LogP contribution in [0.4, 0.5) is 0 Å². The number of benzene rings is 1. The van der Waals surface area contributed by atoms with E-state index in [1.54, 1.807) is 0 Å². The molecule has 1 aromatic rings. The highest BCUT2D eigenvalue weighted by Gasteiger charge is 2.24. The third kappa shape index (κ3) is 4.45. The van der Waals surface area contributed by atoms with Crippen molar-refractivity contribution < 1.29 is 14.6 Å². The number of β-amino-alcohol motifs (C(OH)–C–C–N with tert-alkyl or cyclic N) is 1. The van der Waals surface area contributed by atoms with E-state index in [1.165, 1.54) is 5.56 Å². The van der Waals surface area contributed by atoms with E-state index in [1.807, 2.05) is 19.9 Å². The summed E-state index contributed by atoms with van der Waals surface area (Å²) in [6.45, 7) is 8.35. The fourth-order valence-corrected chi connectivity index (χ4v) is 2.67. The monoisotopic (exact) mass is 306 g/mol. The van der Waals surface area contributed by atoms with Crippen LogP contribution in [0, 0.1) is 26.7 Å². The van der Waals surface area contributed by atoms with Crippen molar-refractivity contribution in [1.29, 1.82) is 0 Å². The van der Waals surface area contributed by atoms with Gasteiger partial charge in [0.2, 0.25) is 5.91 Å². The summed E-state index contributed by atoms with van der Waals surface area (Å²) < 4.78 is 5.74. The van der Waals surface area contributed by atoms with Gasteiger partial charge in [-0.1, -0.05) is 6.07 Å². The van der Waals surface area contributed by atoms with Gasteiger partial charge in [-0.3, -0.25) is 4.79 Å². The molecule has 122 valence electrons. The predicted octanol–water partition coefficient (Wildman–Crippen LogP) is 1.08. The molecule has 0 bridgehead atoms. The average Bonchev–Trinajstić information content (AvgIpc) is 2.87. The van der Waals surface area contributed by atoms with Crippen LogP contribution in [0.15, 0.2) is 12.1 Å². The van der Waals surface area contributed by atoms with Crippen LogP contribution >= 0.6 is 0 Å². The Morgan fingerprint density at radius 3 is 2.82 bits per heavy atom. The SMILES string of the molecule is Cc1cc(C)c(C)c(OCCC(=O)NCC2CNCC2O)c1. The first-order chi connectivity index (χ1) is 10.5. The van der Waals surface area contributed by atoms with Gasteiger partial charge in [0, 0.05) is 25.6 Å². The van der Waals surface area contributed by atoms with Crippen molar-refractivity contribution in [1.82, 2.24) is 10.6 Å². The zero-order chi connectivity index (χ0) is 16.1. The maximum absolute atomic E-state index is 11.8. The van der Waals surface area contributed by atoms with Crippen molar-refractivity contribution in [3.8, 4) is 5.75 Å². The molecule has 3 N–H and O–H groups in total. The van der Waals surface area contributed by atoms with Crippen LogP contribution in [-0.4, -0.2) is 43.4 Å². The smallest absolute Gasteiger partial charge is 0.223 e. The molecule has 1 fully saturated rings. The number of aliphatic hydroxyl groups excluding tert-OH is 1. The van der Waals surface area contributed by atoms with Gasteiger partial charge in [-0.05, 0) is 43.5 Å². The van der Waals surface area contributed by atoms with E-state index in [0.717, 1.165) is 23.4 Å². The molecule has 2 unspecified atom stereocenters. The summed E-state index contributed by atoms with van der Waals surface area (Å²) in [5.41, 5.74) is 3.47. The van der Waals surface area contributed by atoms with Crippen LogP contribution in [0.25, 0.3) is 0 Å². The molecule has 0 spiro atoms. The number of amides is 1. The van der Waals surface area contributed by atoms with Gasteiger partial charge in [-0.15, -0.1) is 0 Å². The molecule has 5 nitrogen and oxygen atoms in total. The quantitative estimate of drug-likeness (QED) is 0.735. The summed E-state index contributed by atoms with van der Waals surface area (Å²) in [4.78, 5) is 11.8. The van der Waals surface area contributed by atoms with E-state index in [9.17, 15) is 9.90 Å². The van der Waals surface area contributed by atoms with Crippen LogP contribution < -0.4 is 15.4 Å². The Balaban J connectivity index is 1.73. The van der Waals surface area contributed by atoms with Gasteiger partial charge in [0.1, 0.15) is 5.75 Å². The van der Waals surface area contributed by atoms with Crippen LogP contribution in [0.5, 0.6) is 5.75 Å². The van der Waals surface area contributed by atoms with Crippen molar-refractivity contribution in [2.45, 2.75) is 33.3 Å². The van der Waals surface area contributed by atoms with E-state index in [2.05, 4.69) is 23.6 Å². The second-order valence-corrected chi connectivity index (χ2v) is 6.09. The van der Waals surface area contributed by atoms with Gasteiger partial charge >= 0.3 is 0 Å². The molecular formula is C17H26N2O3. The summed E-state index contributed by atoms with van der Waals surface area (Å²) in [6.07, 6.45) is -0.0441. The molecule has 1 heterocycles. The molecule has 0 aliphatic carbocycles. The fourth-order valence-electron chi connectivity index (χ4n) is 2.67. The normalized spacial score (nSPS) is 20.9. The predicted molar refractivity (Wildman–Crippen MR) is 86.1 cm³/mol. The first kappa shape index (κ1) is 16.8. The first-order valence-electron chi connectivity index (χ1n) is 7.83. The first-order valence-corrected chi connectivity index (χ1v) is 7.83. The van der Waals surface area contributed by atoms with Crippen molar-refractivity contribution in [3.05, 3.63) is 28.8 Å². The molecule has 1 amide bonds. The summed E-state index contributed by atoms with van der Waals surface area (Å²) in [7, 11) is 0. The second-order valence-electron chi connectivity index (χ2n) is 6.09. The molecule has 1 aliphatic rings. The Hall–Kier alpha value is -1.59.